The first-order chi connectivity index (χ1) is 6.10. The molecule has 0 atom stereocenters. The van der Waals surface area contributed by atoms with E-state index in [9.17, 15) is 14.7 Å². The topological polar surface area (TPSA) is 107 Å². The third kappa shape index (κ3) is 6.06. The average molecular weight is 191 g/mol. The zero-order valence-electron chi connectivity index (χ0n) is 6.93. The number of carbonyl (C=O) groups excluding carboxylic acids is 2. The maximum atomic E-state index is 10.7. The third-order valence-corrected chi connectivity index (χ3v) is 1.24. The van der Waals surface area contributed by atoms with Crippen molar-refractivity contribution in [1.82, 2.24) is 0 Å². The molecule has 0 aliphatic heterocycles. The van der Waals surface area contributed by atoms with Gasteiger partial charge < -0.3 is 24.9 Å². The second-order valence-electron chi connectivity index (χ2n) is 2.35. The van der Waals surface area contributed by atoms with Crippen molar-refractivity contribution in [2.45, 2.75) is 18.9 Å². The number of aliphatic hydroxyl groups excluding tert-OH is 2. The minimum Gasteiger partial charge on any atom is -0.550 e. The van der Waals surface area contributed by atoms with Crippen LogP contribution in [0.3, 0.4) is 0 Å². The van der Waals surface area contributed by atoms with E-state index in [1.807, 2.05) is 0 Å². The predicted octanol–water partition coefficient (Wildman–Crippen LogP) is -2.59. The minimum atomic E-state index is -1.35. The van der Waals surface area contributed by atoms with Crippen LogP contribution in [-0.2, 0) is 14.3 Å². The van der Waals surface area contributed by atoms with E-state index < -0.39 is 37.7 Å². The van der Waals surface area contributed by atoms with Gasteiger partial charge in [-0.1, -0.05) is 0 Å². The summed E-state index contributed by atoms with van der Waals surface area (Å²) in [6.45, 7) is -0.985. The number of ether oxygens (including phenoxy) is 1. The molecule has 0 heterocycles. The lowest BCUT2D eigenvalue weighted by Crippen LogP contribution is -2.27. The zero-order valence-corrected chi connectivity index (χ0v) is 6.93. The first-order valence-electron chi connectivity index (χ1n) is 3.71. The summed E-state index contributed by atoms with van der Waals surface area (Å²) in [6, 6.07) is 0. The Balaban J connectivity index is 3.66. The summed E-state index contributed by atoms with van der Waals surface area (Å²) >= 11 is 0. The molecule has 0 unspecified atom stereocenters. The quantitative estimate of drug-likeness (QED) is 0.446. The van der Waals surface area contributed by atoms with E-state index in [0.29, 0.717) is 0 Å². The summed E-state index contributed by atoms with van der Waals surface area (Å²) in [5.74, 6) is -2.13. The van der Waals surface area contributed by atoms with Gasteiger partial charge in [0.2, 0.25) is 0 Å². The average Bonchev–Trinajstić information content (AvgIpc) is 2.10. The van der Waals surface area contributed by atoms with Crippen LogP contribution in [0.15, 0.2) is 0 Å². The number of aliphatic hydroxyl groups is 2. The van der Waals surface area contributed by atoms with Crippen LogP contribution in [0, 0.1) is 0 Å². The van der Waals surface area contributed by atoms with E-state index in [1.54, 1.807) is 0 Å². The maximum Gasteiger partial charge on any atom is 0.306 e. The normalized spacial score (nSPS) is 10.1. The summed E-state index contributed by atoms with van der Waals surface area (Å²) in [5.41, 5.74) is 0. The van der Waals surface area contributed by atoms with Gasteiger partial charge in [0.05, 0.1) is 19.6 Å². The Labute approximate surface area is 74.7 Å². The van der Waals surface area contributed by atoms with Gasteiger partial charge in [0.15, 0.2) is 0 Å². The van der Waals surface area contributed by atoms with Gasteiger partial charge in [0.1, 0.15) is 6.10 Å². The number of carboxylic acids is 1. The SMILES string of the molecule is O=C([O-])CCC(=O)OC(CO)CO. The Morgan fingerprint density at radius 1 is 1.23 bits per heavy atom. The molecule has 2 N–H and O–H groups in total. The molecule has 0 amide bonds. The first-order valence-corrected chi connectivity index (χ1v) is 3.71. The van der Waals surface area contributed by atoms with Crippen molar-refractivity contribution in [2.24, 2.45) is 0 Å². The van der Waals surface area contributed by atoms with Crippen LogP contribution >= 0.6 is 0 Å². The molecule has 0 bridgehead atoms. The fourth-order valence-corrected chi connectivity index (χ4v) is 0.581. The molecular weight excluding hydrogens is 180 g/mol. The fourth-order valence-electron chi connectivity index (χ4n) is 0.581. The Hall–Kier alpha value is -1.14. The molecule has 0 fully saturated rings. The molecule has 0 rings (SSSR count). The lowest BCUT2D eigenvalue weighted by molar-refractivity contribution is -0.305. The molecule has 0 radical (unpaired) electrons. The highest BCUT2D eigenvalue weighted by Gasteiger charge is 2.11. The zero-order chi connectivity index (χ0) is 10.3. The van der Waals surface area contributed by atoms with Crippen LogP contribution in [0.1, 0.15) is 12.8 Å². The fraction of sp³-hybridized carbons (Fsp3) is 0.714. The molecule has 6 heteroatoms. The number of carbonyl (C=O) groups is 2. The molecule has 76 valence electrons. The van der Waals surface area contributed by atoms with Gasteiger partial charge in [0, 0.05) is 5.97 Å². The Morgan fingerprint density at radius 2 is 1.77 bits per heavy atom. The van der Waals surface area contributed by atoms with Crippen LogP contribution < -0.4 is 5.11 Å². The van der Waals surface area contributed by atoms with Gasteiger partial charge in [-0.3, -0.25) is 4.79 Å². The number of aliphatic carboxylic acids is 1. The van der Waals surface area contributed by atoms with Crippen molar-refractivity contribution in [2.75, 3.05) is 13.2 Å². The molecular formula is C7H11O6-. The van der Waals surface area contributed by atoms with E-state index in [4.69, 9.17) is 10.2 Å². The van der Waals surface area contributed by atoms with E-state index in [1.165, 1.54) is 0 Å². The molecule has 0 saturated heterocycles. The largest absolute Gasteiger partial charge is 0.550 e. The molecule has 0 saturated carbocycles. The summed E-state index contributed by atoms with van der Waals surface area (Å²) in [7, 11) is 0. The van der Waals surface area contributed by atoms with Gasteiger partial charge in [0.25, 0.3) is 0 Å². The highest BCUT2D eigenvalue weighted by Crippen LogP contribution is 1.96. The Kier molecular flexibility index (Phi) is 5.82. The van der Waals surface area contributed by atoms with Gasteiger partial charge in [-0.05, 0) is 6.42 Å². The smallest absolute Gasteiger partial charge is 0.306 e. The number of rotatable bonds is 6. The third-order valence-electron chi connectivity index (χ3n) is 1.24. The van der Waals surface area contributed by atoms with Gasteiger partial charge in [-0.15, -0.1) is 0 Å². The van der Waals surface area contributed by atoms with Crippen molar-refractivity contribution in [3.8, 4) is 0 Å². The van der Waals surface area contributed by atoms with Crippen LogP contribution in [0.2, 0.25) is 0 Å². The molecule has 0 aromatic heterocycles. The molecule has 13 heavy (non-hydrogen) atoms. The maximum absolute atomic E-state index is 10.7. The number of esters is 1. The highest BCUT2D eigenvalue weighted by atomic mass is 16.6. The van der Waals surface area contributed by atoms with E-state index >= 15 is 0 Å². The van der Waals surface area contributed by atoms with Crippen molar-refractivity contribution in [1.29, 1.82) is 0 Å². The van der Waals surface area contributed by atoms with E-state index in [2.05, 4.69) is 4.74 Å². The summed E-state index contributed by atoms with van der Waals surface area (Å²) < 4.78 is 4.47. The van der Waals surface area contributed by atoms with Crippen LogP contribution in [0.4, 0.5) is 0 Å². The van der Waals surface area contributed by atoms with Crippen LogP contribution in [0.5, 0.6) is 0 Å². The number of carboxylic acid groups (broad SMARTS) is 1. The molecule has 0 aliphatic carbocycles. The second-order valence-corrected chi connectivity index (χ2v) is 2.35. The van der Waals surface area contributed by atoms with Crippen molar-refractivity contribution in [3.05, 3.63) is 0 Å². The Morgan fingerprint density at radius 3 is 2.15 bits per heavy atom. The lowest BCUT2D eigenvalue weighted by atomic mass is 10.3. The molecule has 6 nitrogen and oxygen atoms in total. The van der Waals surface area contributed by atoms with Crippen molar-refractivity contribution < 1.29 is 29.6 Å². The summed E-state index contributed by atoms with van der Waals surface area (Å²) in [6.07, 6.45) is -1.73. The highest BCUT2D eigenvalue weighted by molar-refractivity contribution is 5.75. The van der Waals surface area contributed by atoms with E-state index in [-0.39, 0.29) is 6.42 Å². The number of hydrogen-bond donors (Lipinski definition) is 2. The molecule has 0 aromatic carbocycles. The van der Waals surface area contributed by atoms with Crippen LogP contribution in [0.25, 0.3) is 0 Å². The predicted molar refractivity (Wildman–Crippen MR) is 38.3 cm³/mol. The minimum absolute atomic E-state index is 0.321. The van der Waals surface area contributed by atoms with Gasteiger partial charge >= 0.3 is 5.97 Å². The van der Waals surface area contributed by atoms with Gasteiger partial charge in [-0.2, -0.15) is 0 Å². The standard InChI is InChI=1S/C7H12O6/c8-3-5(4-9)13-7(12)2-1-6(10)11/h5,8-9H,1-4H2,(H,10,11)/p-1. The molecule has 0 spiro atoms. The number of hydrogen-bond acceptors (Lipinski definition) is 6. The molecule has 0 aliphatic rings. The first kappa shape index (κ1) is 11.9. The van der Waals surface area contributed by atoms with E-state index in [0.717, 1.165) is 0 Å². The van der Waals surface area contributed by atoms with Gasteiger partial charge in [-0.25, -0.2) is 0 Å². The van der Waals surface area contributed by atoms with Crippen LogP contribution in [-0.4, -0.2) is 41.5 Å². The monoisotopic (exact) mass is 191 g/mol. The molecule has 0 aromatic rings. The lowest BCUT2D eigenvalue weighted by Gasteiger charge is -2.12. The second kappa shape index (κ2) is 6.38. The summed E-state index contributed by atoms with van der Waals surface area (Å²) in [4.78, 5) is 20.7. The van der Waals surface area contributed by atoms with Crippen molar-refractivity contribution >= 4 is 11.9 Å². The Bertz CT molecular complexity index is 174. The summed E-state index contributed by atoms with van der Waals surface area (Å²) in [5, 5.41) is 26.9. The van der Waals surface area contributed by atoms with Crippen molar-refractivity contribution in [3.63, 3.8) is 0 Å².